The summed E-state index contributed by atoms with van der Waals surface area (Å²) in [6, 6.07) is 6.09. The quantitative estimate of drug-likeness (QED) is 0.760. The van der Waals surface area contributed by atoms with Gasteiger partial charge in [0.25, 0.3) is 0 Å². The smallest absolute Gasteiger partial charge is 0.245 e. The molecular formula is C11H18N2O3S. The monoisotopic (exact) mass is 258 g/mol. The molecule has 0 aromatic heterocycles. The minimum Gasteiger partial charge on any atom is -0.398 e. The van der Waals surface area contributed by atoms with Crippen molar-refractivity contribution >= 4 is 15.7 Å². The second-order valence-electron chi connectivity index (χ2n) is 3.97. The highest BCUT2D eigenvalue weighted by Crippen LogP contribution is 2.23. The SMILES string of the molecule is CC(C)N(CCO)S(=O)(=O)c1ccccc1N. The van der Waals surface area contributed by atoms with E-state index in [1.54, 1.807) is 32.0 Å². The van der Waals surface area contributed by atoms with Crippen LogP contribution >= 0.6 is 0 Å². The molecule has 0 aliphatic carbocycles. The number of hydrogen-bond acceptors (Lipinski definition) is 4. The maximum atomic E-state index is 12.3. The van der Waals surface area contributed by atoms with E-state index in [1.165, 1.54) is 10.4 Å². The van der Waals surface area contributed by atoms with Crippen molar-refractivity contribution in [2.45, 2.75) is 24.8 Å². The number of hydrogen-bond donors (Lipinski definition) is 2. The summed E-state index contributed by atoms with van der Waals surface area (Å²) in [7, 11) is -3.64. The van der Waals surface area contributed by atoms with Crippen LogP contribution in [0.15, 0.2) is 29.2 Å². The molecule has 0 fully saturated rings. The number of aliphatic hydroxyl groups is 1. The van der Waals surface area contributed by atoms with Crippen LogP contribution in [-0.4, -0.2) is 37.0 Å². The van der Waals surface area contributed by atoms with Gasteiger partial charge in [-0.05, 0) is 26.0 Å². The molecule has 0 saturated carbocycles. The Morgan fingerprint density at radius 2 is 1.94 bits per heavy atom. The molecule has 0 heterocycles. The molecule has 0 aliphatic rings. The van der Waals surface area contributed by atoms with Gasteiger partial charge >= 0.3 is 0 Å². The van der Waals surface area contributed by atoms with Crippen LogP contribution in [0.25, 0.3) is 0 Å². The second-order valence-corrected chi connectivity index (χ2v) is 5.83. The minimum absolute atomic E-state index is 0.0638. The third-order valence-corrected chi connectivity index (χ3v) is 4.55. The van der Waals surface area contributed by atoms with Crippen molar-refractivity contribution in [1.82, 2.24) is 4.31 Å². The van der Waals surface area contributed by atoms with Gasteiger partial charge in [-0.3, -0.25) is 0 Å². The van der Waals surface area contributed by atoms with Gasteiger partial charge in [0, 0.05) is 12.6 Å². The molecule has 1 aromatic rings. The van der Waals surface area contributed by atoms with Crippen LogP contribution in [0.2, 0.25) is 0 Å². The molecule has 0 unspecified atom stereocenters. The molecule has 5 nitrogen and oxygen atoms in total. The molecule has 0 saturated heterocycles. The third-order valence-electron chi connectivity index (χ3n) is 2.40. The van der Waals surface area contributed by atoms with Crippen LogP contribution < -0.4 is 5.73 Å². The van der Waals surface area contributed by atoms with Crippen molar-refractivity contribution in [2.24, 2.45) is 0 Å². The first-order chi connectivity index (χ1) is 7.91. The van der Waals surface area contributed by atoms with Crippen LogP contribution in [0.4, 0.5) is 5.69 Å². The normalized spacial score (nSPS) is 12.3. The summed E-state index contributed by atoms with van der Waals surface area (Å²) in [4.78, 5) is 0.0853. The summed E-state index contributed by atoms with van der Waals surface area (Å²) in [6.45, 7) is 3.36. The Morgan fingerprint density at radius 3 is 2.41 bits per heavy atom. The highest BCUT2D eigenvalue weighted by Gasteiger charge is 2.27. The van der Waals surface area contributed by atoms with Crippen molar-refractivity contribution in [1.29, 1.82) is 0 Å². The Bertz CT molecular complexity index is 471. The zero-order chi connectivity index (χ0) is 13.1. The Kier molecular flexibility index (Phi) is 4.50. The van der Waals surface area contributed by atoms with E-state index in [1.807, 2.05) is 0 Å². The van der Waals surface area contributed by atoms with Crippen molar-refractivity contribution in [3.05, 3.63) is 24.3 Å². The summed E-state index contributed by atoms with van der Waals surface area (Å²) in [5.74, 6) is 0. The summed E-state index contributed by atoms with van der Waals surface area (Å²) >= 11 is 0. The first-order valence-corrected chi connectivity index (χ1v) is 6.82. The second kappa shape index (κ2) is 5.48. The van der Waals surface area contributed by atoms with E-state index in [4.69, 9.17) is 10.8 Å². The molecular weight excluding hydrogens is 240 g/mol. The summed E-state index contributed by atoms with van der Waals surface area (Å²) in [5.41, 5.74) is 5.89. The van der Waals surface area contributed by atoms with Crippen LogP contribution in [0.5, 0.6) is 0 Å². The summed E-state index contributed by atoms with van der Waals surface area (Å²) in [5, 5.41) is 8.93. The Hall–Kier alpha value is -1.11. The number of sulfonamides is 1. The molecule has 0 amide bonds. The van der Waals surface area contributed by atoms with Crippen molar-refractivity contribution in [2.75, 3.05) is 18.9 Å². The molecule has 0 atom stereocenters. The average molecular weight is 258 g/mol. The topological polar surface area (TPSA) is 83.6 Å². The third kappa shape index (κ3) is 2.96. The molecule has 3 N–H and O–H groups in total. The van der Waals surface area contributed by atoms with E-state index in [0.29, 0.717) is 0 Å². The highest BCUT2D eigenvalue weighted by molar-refractivity contribution is 7.89. The van der Waals surface area contributed by atoms with Crippen molar-refractivity contribution in [3.63, 3.8) is 0 Å². The zero-order valence-corrected chi connectivity index (χ0v) is 10.8. The Balaban J connectivity index is 3.22. The molecule has 0 radical (unpaired) electrons. The molecule has 96 valence electrons. The van der Waals surface area contributed by atoms with Crippen molar-refractivity contribution < 1.29 is 13.5 Å². The number of anilines is 1. The molecule has 1 rings (SSSR count). The van der Waals surface area contributed by atoms with Gasteiger partial charge in [-0.15, -0.1) is 0 Å². The van der Waals surface area contributed by atoms with Crippen LogP contribution in [0, 0.1) is 0 Å². The van der Waals surface area contributed by atoms with Crippen molar-refractivity contribution in [3.8, 4) is 0 Å². The van der Waals surface area contributed by atoms with E-state index < -0.39 is 10.0 Å². The van der Waals surface area contributed by atoms with E-state index in [-0.39, 0.29) is 29.8 Å². The number of para-hydroxylation sites is 1. The Labute approximate surface area is 102 Å². The number of rotatable bonds is 5. The molecule has 0 bridgehead atoms. The lowest BCUT2D eigenvalue weighted by molar-refractivity contribution is 0.236. The minimum atomic E-state index is -3.64. The molecule has 0 spiro atoms. The molecule has 6 heteroatoms. The number of aliphatic hydroxyl groups excluding tert-OH is 1. The first-order valence-electron chi connectivity index (χ1n) is 5.38. The molecule has 1 aromatic carbocycles. The Morgan fingerprint density at radius 1 is 1.35 bits per heavy atom. The fraction of sp³-hybridized carbons (Fsp3) is 0.455. The zero-order valence-electron chi connectivity index (χ0n) is 10.00. The van der Waals surface area contributed by atoms with Crippen LogP contribution in [0.1, 0.15) is 13.8 Å². The highest BCUT2D eigenvalue weighted by atomic mass is 32.2. The number of nitrogens with zero attached hydrogens (tertiary/aromatic N) is 1. The van der Waals surface area contributed by atoms with Gasteiger partial charge in [0.05, 0.1) is 12.3 Å². The lowest BCUT2D eigenvalue weighted by Crippen LogP contribution is -2.39. The summed E-state index contributed by atoms with van der Waals surface area (Å²) in [6.07, 6.45) is 0. The largest absolute Gasteiger partial charge is 0.398 e. The lowest BCUT2D eigenvalue weighted by atomic mass is 10.3. The van der Waals surface area contributed by atoms with Gasteiger partial charge < -0.3 is 10.8 Å². The van der Waals surface area contributed by atoms with Gasteiger partial charge in [-0.1, -0.05) is 12.1 Å². The van der Waals surface area contributed by atoms with E-state index in [0.717, 1.165) is 0 Å². The number of nitrogen functional groups attached to an aromatic ring is 1. The van der Waals surface area contributed by atoms with Crippen LogP contribution in [-0.2, 0) is 10.0 Å². The standard InChI is InChI=1S/C11H18N2O3S/c1-9(2)13(7-8-14)17(15,16)11-6-4-3-5-10(11)12/h3-6,9,14H,7-8,12H2,1-2H3. The fourth-order valence-electron chi connectivity index (χ4n) is 1.60. The van der Waals surface area contributed by atoms with E-state index in [9.17, 15) is 8.42 Å². The average Bonchev–Trinajstić information content (AvgIpc) is 2.25. The van der Waals surface area contributed by atoms with Gasteiger partial charge in [0.2, 0.25) is 10.0 Å². The van der Waals surface area contributed by atoms with E-state index >= 15 is 0 Å². The van der Waals surface area contributed by atoms with Gasteiger partial charge in [0.15, 0.2) is 0 Å². The van der Waals surface area contributed by atoms with Crippen LogP contribution in [0.3, 0.4) is 0 Å². The maximum absolute atomic E-state index is 12.3. The predicted octanol–water partition coefficient (Wildman–Crippen LogP) is 0.660. The van der Waals surface area contributed by atoms with Gasteiger partial charge in [-0.2, -0.15) is 4.31 Å². The van der Waals surface area contributed by atoms with E-state index in [2.05, 4.69) is 0 Å². The number of benzene rings is 1. The molecule has 17 heavy (non-hydrogen) atoms. The lowest BCUT2D eigenvalue weighted by Gasteiger charge is -2.25. The van der Waals surface area contributed by atoms with Gasteiger partial charge in [0.1, 0.15) is 4.90 Å². The first kappa shape index (κ1) is 14.0. The number of nitrogens with two attached hydrogens (primary N) is 1. The summed E-state index contributed by atoms with van der Waals surface area (Å²) < 4.78 is 25.9. The van der Waals surface area contributed by atoms with Gasteiger partial charge in [-0.25, -0.2) is 8.42 Å². The maximum Gasteiger partial charge on any atom is 0.245 e. The predicted molar refractivity (Wildman–Crippen MR) is 67.0 cm³/mol. The fourth-order valence-corrected chi connectivity index (χ4v) is 3.34. The molecule has 0 aliphatic heterocycles.